The molecule has 0 N–H and O–H groups in total. The SMILES string of the molecule is FC1=CC=CCN1C1CCC(=Cc2cccc(Oc3ccc(C4CC4)cn3)c2)CC1. The number of halogens is 1. The summed E-state index contributed by atoms with van der Waals surface area (Å²) in [6.07, 6.45) is 16.1. The van der Waals surface area contributed by atoms with Gasteiger partial charge in [-0.1, -0.05) is 42.0 Å². The Kier molecular flexibility index (Phi) is 5.39. The van der Waals surface area contributed by atoms with Gasteiger partial charge in [-0.05, 0) is 73.8 Å². The van der Waals surface area contributed by atoms with Gasteiger partial charge in [0.15, 0.2) is 5.95 Å². The zero-order valence-corrected chi connectivity index (χ0v) is 17.1. The van der Waals surface area contributed by atoms with Crippen molar-refractivity contribution in [3.05, 3.63) is 83.5 Å². The van der Waals surface area contributed by atoms with E-state index in [1.54, 1.807) is 12.2 Å². The minimum atomic E-state index is -0.0986. The molecule has 4 heteroatoms. The van der Waals surface area contributed by atoms with Crippen LogP contribution < -0.4 is 4.74 Å². The van der Waals surface area contributed by atoms with E-state index in [2.05, 4.69) is 29.3 Å². The Hall–Kier alpha value is -2.88. The zero-order valence-electron chi connectivity index (χ0n) is 17.1. The van der Waals surface area contributed by atoms with Crippen LogP contribution in [0.4, 0.5) is 4.39 Å². The molecule has 2 saturated carbocycles. The Bertz CT molecular complexity index is 978. The fourth-order valence-electron chi connectivity index (χ4n) is 4.39. The van der Waals surface area contributed by atoms with Gasteiger partial charge in [-0.15, -0.1) is 0 Å². The molecule has 0 radical (unpaired) electrons. The Labute approximate surface area is 177 Å². The summed E-state index contributed by atoms with van der Waals surface area (Å²) in [6.45, 7) is 0.682. The van der Waals surface area contributed by atoms with Crippen molar-refractivity contribution in [2.75, 3.05) is 6.54 Å². The molecule has 2 heterocycles. The monoisotopic (exact) mass is 402 g/mol. The lowest BCUT2D eigenvalue weighted by molar-refractivity contribution is 0.187. The highest BCUT2D eigenvalue weighted by molar-refractivity contribution is 5.55. The molecular weight excluding hydrogens is 375 g/mol. The van der Waals surface area contributed by atoms with Crippen molar-refractivity contribution >= 4 is 6.08 Å². The molecule has 0 spiro atoms. The molecule has 1 aromatic carbocycles. The van der Waals surface area contributed by atoms with Crippen molar-refractivity contribution in [1.82, 2.24) is 9.88 Å². The van der Waals surface area contributed by atoms with E-state index >= 15 is 0 Å². The number of ether oxygens (including phenoxy) is 1. The predicted molar refractivity (Wildman–Crippen MR) is 118 cm³/mol. The number of aromatic nitrogens is 1. The molecule has 30 heavy (non-hydrogen) atoms. The lowest BCUT2D eigenvalue weighted by Gasteiger charge is -2.35. The molecule has 3 nitrogen and oxygen atoms in total. The second-order valence-electron chi connectivity index (χ2n) is 8.48. The van der Waals surface area contributed by atoms with Gasteiger partial charge in [-0.3, -0.25) is 0 Å². The fraction of sp³-hybridized carbons (Fsp3) is 0.346. The molecule has 0 bridgehead atoms. The van der Waals surface area contributed by atoms with Gasteiger partial charge >= 0.3 is 0 Å². The first-order chi connectivity index (χ1) is 14.7. The van der Waals surface area contributed by atoms with Gasteiger partial charge in [-0.2, -0.15) is 4.39 Å². The average molecular weight is 403 g/mol. The summed E-state index contributed by atoms with van der Waals surface area (Å²) >= 11 is 0. The molecule has 3 aliphatic rings. The van der Waals surface area contributed by atoms with Gasteiger partial charge < -0.3 is 9.64 Å². The van der Waals surface area contributed by atoms with Crippen molar-refractivity contribution in [2.45, 2.75) is 50.5 Å². The molecule has 0 unspecified atom stereocenters. The highest BCUT2D eigenvalue weighted by Crippen LogP contribution is 2.40. The van der Waals surface area contributed by atoms with E-state index in [9.17, 15) is 4.39 Å². The van der Waals surface area contributed by atoms with E-state index in [0.717, 1.165) is 37.0 Å². The summed E-state index contributed by atoms with van der Waals surface area (Å²) in [5.41, 5.74) is 3.88. The van der Waals surface area contributed by atoms with Crippen LogP contribution in [-0.2, 0) is 0 Å². The minimum absolute atomic E-state index is 0.0986. The van der Waals surface area contributed by atoms with Crippen LogP contribution >= 0.6 is 0 Å². The van der Waals surface area contributed by atoms with Gasteiger partial charge in [0.05, 0.1) is 0 Å². The lowest BCUT2D eigenvalue weighted by Crippen LogP contribution is -2.36. The van der Waals surface area contributed by atoms with E-state index in [1.807, 2.05) is 35.4 Å². The topological polar surface area (TPSA) is 25.4 Å². The Morgan fingerprint density at radius 1 is 1.07 bits per heavy atom. The van der Waals surface area contributed by atoms with Crippen molar-refractivity contribution in [1.29, 1.82) is 0 Å². The van der Waals surface area contributed by atoms with Crippen molar-refractivity contribution in [3.63, 3.8) is 0 Å². The molecule has 1 aliphatic heterocycles. The summed E-state index contributed by atoms with van der Waals surface area (Å²) in [7, 11) is 0. The molecule has 154 valence electrons. The molecule has 2 fully saturated rings. The van der Waals surface area contributed by atoms with Crippen molar-refractivity contribution < 1.29 is 9.13 Å². The largest absolute Gasteiger partial charge is 0.439 e. The van der Waals surface area contributed by atoms with Crippen LogP contribution in [0.5, 0.6) is 11.6 Å². The second-order valence-corrected chi connectivity index (χ2v) is 8.48. The smallest absolute Gasteiger partial charge is 0.219 e. The minimum Gasteiger partial charge on any atom is -0.439 e. The summed E-state index contributed by atoms with van der Waals surface area (Å²) in [5.74, 6) is 2.04. The Morgan fingerprint density at radius 2 is 1.93 bits per heavy atom. The van der Waals surface area contributed by atoms with E-state index in [0.29, 0.717) is 24.4 Å². The normalized spacial score (nSPS) is 21.4. The number of benzene rings is 1. The summed E-state index contributed by atoms with van der Waals surface area (Å²) < 4.78 is 20.0. The quantitative estimate of drug-likeness (QED) is 0.517. The van der Waals surface area contributed by atoms with Gasteiger partial charge in [0.25, 0.3) is 0 Å². The number of pyridine rings is 1. The molecule has 0 saturated heterocycles. The maximum atomic E-state index is 14.1. The average Bonchev–Trinajstić information content (AvgIpc) is 3.61. The fourth-order valence-corrected chi connectivity index (χ4v) is 4.39. The van der Waals surface area contributed by atoms with Gasteiger partial charge in [0, 0.05) is 24.8 Å². The van der Waals surface area contributed by atoms with Crippen LogP contribution in [0.1, 0.15) is 55.6 Å². The third-order valence-corrected chi connectivity index (χ3v) is 6.24. The predicted octanol–water partition coefficient (Wildman–Crippen LogP) is 6.76. The van der Waals surface area contributed by atoms with E-state index < -0.39 is 0 Å². The van der Waals surface area contributed by atoms with Crippen LogP contribution in [0.15, 0.2) is 72.3 Å². The summed E-state index contributed by atoms with van der Waals surface area (Å²) in [5, 5.41) is 0. The van der Waals surface area contributed by atoms with Crippen LogP contribution in [0, 0.1) is 0 Å². The molecule has 2 aliphatic carbocycles. The summed E-state index contributed by atoms with van der Waals surface area (Å²) in [4.78, 5) is 6.35. The van der Waals surface area contributed by atoms with Gasteiger partial charge in [-0.25, -0.2) is 4.98 Å². The number of hydrogen-bond acceptors (Lipinski definition) is 3. The molecule has 0 amide bonds. The molecule has 5 rings (SSSR count). The van der Waals surface area contributed by atoms with Crippen molar-refractivity contribution in [3.8, 4) is 11.6 Å². The first-order valence-corrected chi connectivity index (χ1v) is 11.0. The second kappa shape index (κ2) is 8.47. The first-order valence-electron chi connectivity index (χ1n) is 11.0. The Balaban J connectivity index is 1.21. The van der Waals surface area contributed by atoms with Crippen LogP contribution in [0.2, 0.25) is 0 Å². The van der Waals surface area contributed by atoms with Crippen LogP contribution in [-0.4, -0.2) is 22.5 Å². The van der Waals surface area contributed by atoms with E-state index in [1.165, 1.54) is 24.0 Å². The lowest BCUT2D eigenvalue weighted by atomic mass is 9.88. The van der Waals surface area contributed by atoms with Crippen molar-refractivity contribution in [2.24, 2.45) is 0 Å². The maximum Gasteiger partial charge on any atom is 0.219 e. The highest BCUT2D eigenvalue weighted by Gasteiger charge is 2.25. The molecule has 1 aromatic heterocycles. The number of rotatable bonds is 5. The third kappa shape index (κ3) is 4.48. The maximum absolute atomic E-state index is 14.1. The van der Waals surface area contributed by atoms with Crippen LogP contribution in [0.3, 0.4) is 0 Å². The van der Waals surface area contributed by atoms with Gasteiger partial charge in [0.1, 0.15) is 5.75 Å². The highest BCUT2D eigenvalue weighted by atomic mass is 19.1. The van der Waals surface area contributed by atoms with Crippen LogP contribution in [0.25, 0.3) is 6.08 Å². The molecular formula is C26H27FN2O. The molecule has 0 atom stereocenters. The zero-order chi connectivity index (χ0) is 20.3. The summed E-state index contributed by atoms with van der Waals surface area (Å²) in [6, 6.07) is 12.5. The third-order valence-electron chi connectivity index (χ3n) is 6.24. The number of nitrogens with zero attached hydrogens (tertiary/aromatic N) is 2. The van der Waals surface area contributed by atoms with Gasteiger partial charge in [0.2, 0.25) is 5.88 Å². The first kappa shape index (κ1) is 19.1. The number of allylic oxidation sites excluding steroid dienone is 3. The molecule has 2 aromatic rings. The number of hydrogen-bond donors (Lipinski definition) is 0. The Morgan fingerprint density at radius 3 is 2.67 bits per heavy atom. The standard InChI is InChI=1S/C26H27FN2O/c27-25-6-1-2-15-29(25)23-12-7-19(8-13-23)16-20-4-3-5-24(17-20)30-26-14-11-22(18-28-26)21-9-10-21/h1-6,11,14,16-18,21,23H,7-10,12-13,15H2. The van der Waals surface area contributed by atoms with E-state index in [4.69, 9.17) is 4.74 Å². The van der Waals surface area contributed by atoms with E-state index in [-0.39, 0.29) is 5.95 Å².